The molecule has 0 amide bonds. The molecule has 1 aromatic heterocycles. The Morgan fingerprint density at radius 1 is 1.00 bits per heavy atom. The van der Waals surface area contributed by atoms with Crippen molar-refractivity contribution < 1.29 is 27.5 Å². The predicted octanol–water partition coefficient (Wildman–Crippen LogP) is 3.57. The highest BCUT2D eigenvalue weighted by atomic mass is 32.2. The Morgan fingerprint density at radius 2 is 1.72 bits per heavy atom. The second-order valence-electron chi connectivity index (χ2n) is 7.89. The number of benzene rings is 3. The van der Waals surface area contributed by atoms with Crippen LogP contribution in [0.15, 0.2) is 83.8 Å². The molecule has 0 spiro atoms. The molecule has 0 fully saturated rings. The lowest BCUT2D eigenvalue weighted by Gasteiger charge is -2.15. The van der Waals surface area contributed by atoms with Gasteiger partial charge in [0.15, 0.2) is 0 Å². The van der Waals surface area contributed by atoms with Crippen LogP contribution in [0, 0.1) is 0 Å². The van der Waals surface area contributed by atoms with Crippen molar-refractivity contribution in [2.45, 2.75) is 24.4 Å². The van der Waals surface area contributed by atoms with Gasteiger partial charge in [0.2, 0.25) is 10.0 Å². The summed E-state index contributed by atoms with van der Waals surface area (Å²) in [6.07, 6.45) is -1.84. The van der Waals surface area contributed by atoms with Gasteiger partial charge in [-0.25, -0.2) is 13.2 Å². The first-order valence-electron chi connectivity index (χ1n) is 11.2. The summed E-state index contributed by atoms with van der Waals surface area (Å²) in [6, 6.07) is 22.0. The van der Waals surface area contributed by atoms with Crippen LogP contribution in [-0.2, 0) is 19.6 Å². The average Bonchev–Trinajstić information content (AvgIpc) is 3.28. The van der Waals surface area contributed by atoms with E-state index in [1.54, 1.807) is 30.3 Å². The molecule has 0 bridgehead atoms. The Morgan fingerprint density at radius 3 is 2.44 bits per heavy atom. The Labute approximate surface area is 208 Å². The average molecular weight is 508 g/mol. The summed E-state index contributed by atoms with van der Waals surface area (Å²) in [5.74, 6) is -1.45. The molecule has 9 nitrogen and oxygen atoms in total. The molecular formula is C26H25N3O6S. The predicted molar refractivity (Wildman–Crippen MR) is 135 cm³/mol. The Kier molecular flexibility index (Phi) is 7.49. The molecule has 1 unspecified atom stereocenters. The van der Waals surface area contributed by atoms with Crippen molar-refractivity contribution in [1.29, 1.82) is 0 Å². The zero-order valence-corrected chi connectivity index (χ0v) is 20.2. The van der Waals surface area contributed by atoms with Gasteiger partial charge in [-0.15, -0.1) is 0 Å². The van der Waals surface area contributed by atoms with Gasteiger partial charge in [0.1, 0.15) is 5.75 Å². The minimum atomic E-state index is -3.94. The summed E-state index contributed by atoms with van der Waals surface area (Å²) in [7, 11) is -3.94. The van der Waals surface area contributed by atoms with Gasteiger partial charge in [-0.1, -0.05) is 42.5 Å². The number of rotatable bonds is 9. The SMILES string of the molecule is CCOc1cccc(C(=O)OC(=O)CC(N)NS(=O)(=O)c2ccccc2)c1-c1cc2ccccc2[nH]1. The molecule has 0 saturated carbocycles. The standard InChI is InChI=1S/C26H25N3O6S/c1-2-34-22-14-8-12-19(25(22)21-15-17-9-6-7-13-20(17)28-21)26(31)35-24(30)16-23(27)29-36(32,33)18-10-4-3-5-11-18/h3-15,23,28-29H,2,16,27H2,1H3. The van der Waals surface area contributed by atoms with Gasteiger partial charge < -0.3 is 20.2 Å². The Bertz CT molecular complexity index is 1470. The summed E-state index contributed by atoms with van der Waals surface area (Å²) >= 11 is 0. The normalized spacial score (nSPS) is 12.3. The Hall–Kier alpha value is -3.99. The first-order valence-corrected chi connectivity index (χ1v) is 12.7. The third-order valence-electron chi connectivity index (χ3n) is 5.30. The largest absolute Gasteiger partial charge is 0.493 e. The highest BCUT2D eigenvalue weighted by Crippen LogP contribution is 2.35. The van der Waals surface area contributed by atoms with Crippen LogP contribution >= 0.6 is 0 Å². The van der Waals surface area contributed by atoms with E-state index in [0.29, 0.717) is 23.6 Å². The Balaban J connectivity index is 1.53. The third kappa shape index (κ3) is 5.62. The molecule has 4 rings (SSSR count). The summed E-state index contributed by atoms with van der Waals surface area (Å²) in [5.41, 5.74) is 7.85. The number of para-hydroxylation sites is 1. The summed E-state index contributed by atoms with van der Waals surface area (Å²) < 4.78 is 37.8. The van der Waals surface area contributed by atoms with Crippen LogP contribution in [0.5, 0.6) is 5.75 Å². The van der Waals surface area contributed by atoms with Crippen LogP contribution in [0.25, 0.3) is 22.2 Å². The number of hydrogen-bond acceptors (Lipinski definition) is 7. The first kappa shape index (κ1) is 25.1. The van der Waals surface area contributed by atoms with Gasteiger partial charge in [0.25, 0.3) is 0 Å². The van der Waals surface area contributed by atoms with Gasteiger partial charge in [-0.2, -0.15) is 4.72 Å². The van der Waals surface area contributed by atoms with Gasteiger partial charge in [0, 0.05) is 10.9 Å². The zero-order valence-electron chi connectivity index (χ0n) is 19.4. The monoisotopic (exact) mass is 507 g/mol. The summed E-state index contributed by atoms with van der Waals surface area (Å²) in [4.78, 5) is 28.7. The van der Waals surface area contributed by atoms with Crippen molar-refractivity contribution >= 4 is 32.9 Å². The number of nitrogens with one attached hydrogen (secondary N) is 2. The number of aromatic amines is 1. The molecule has 4 N–H and O–H groups in total. The summed E-state index contributed by atoms with van der Waals surface area (Å²) in [6.45, 7) is 2.18. The summed E-state index contributed by atoms with van der Waals surface area (Å²) in [5, 5.41) is 0.936. The molecule has 0 aliphatic rings. The maximum atomic E-state index is 13.0. The molecule has 186 valence electrons. The number of fused-ring (bicyclic) bond motifs is 1. The van der Waals surface area contributed by atoms with E-state index in [1.165, 1.54) is 18.2 Å². The van der Waals surface area contributed by atoms with Crippen LogP contribution < -0.4 is 15.2 Å². The molecule has 0 aliphatic heterocycles. The fourth-order valence-electron chi connectivity index (χ4n) is 3.75. The van der Waals surface area contributed by atoms with E-state index in [9.17, 15) is 18.0 Å². The molecule has 1 atom stereocenters. The highest BCUT2D eigenvalue weighted by Gasteiger charge is 2.25. The number of sulfonamides is 1. The van der Waals surface area contributed by atoms with E-state index < -0.39 is 34.5 Å². The number of carbonyl (C=O) groups excluding carboxylic acids is 2. The van der Waals surface area contributed by atoms with E-state index in [4.69, 9.17) is 15.2 Å². The maximum absolute atomic E-state index is 13.0. The fourth-order valence-corrected chi connectivity index (χ4v) is 4.88. The van der Waals surface area contributed by atoms with Gasteiger partial charge in [-0.05, 0) is 43.3 Å². The molecular weight excluding hydrogens is 482 g/mol. The smallest absolute Gasteiger partial charge is 0.346 e. The van der Waals surface area contributed by atoms with Crippen molar-refractivity contribution in [1.82, 2.24) is 9.71 Å². The van der Waals surface area contributed by atoms with E-state index in [2.05, 4.69) is 9.71 Å². The number of ether oxygens (including phenoxy) is 2. The van der Waals surface area contributed by atoms with Crippen LogP contribution in [0.1, 0.15) is 23.7 Å². The van der Waals surface area contributed by atoms with Gasteiger partial charge >= 0.3 is 11.9 Å². The number of esters is 2. The van der Waals surface area contributed by atoms with Crippen LogP contribution in [0.2, 0.25) is 0 Å². The second kappa shape index (κ2) is 10.7. The van der Waals surface area contributed by atoms with E-state index in [1.807, 2.05) is 37.3 Å². The van der Waals surface area contributed by atoms with E-state index in [-0.39, 0.29) is 10.5 Å². The number of aromatic nitrogens is 1. The van der Waals surface area contributed by atoms with Gasteiger partial charge in [0.05, 0.1) is 40.9 Å². The fraction of sp³-hybridized carbons (Fsp3) is 0.154. The van der Waals surface area contributed by atoms with Crippen molar-refractivity contribution in [3.8, 4) is 17.0 Å². The molecule has 0 radical (unpaired) electrons. The lowest BCUT2D eigenvalue weighted by molar-refractivity contribution is -0.138. The molecule has 0 aliphatic carbocycles. The van der Waals surface area contributed by atoms with Crippen LogP contribution in [0.4, 0.5) is 0 Å². The number of nitrogens with two attached hydrogens (primary N) is 1. The van der Waals surface area contributed by atoms with Crippen LogP contribution in [0.3, 0.4) is 0 Å². The van der Waals surface area contributed by atoms with Crippen molar-refractivity contribution in [3.05, 3.63) is 84.4 Å². The highest BCUT2D eigenvalue weighted by molar-refractivity contribution is 7.89. The maximum Gasteiger partial charge on any atom is 0.346 e. The minimum Gasteiger partial charge on any atom is -0.493 e. The minimum absolute atomic E-state index is 0.000564. The topological polar surface area (TPSA) is 141 Å². The third-order valence-corrected chi connectivity index (χ3v) is 6.80. The zero-order chi connectivity index (χ0) is 25.7. The van der Waals surface area contributed by atoms with Crippen LogP contribution in [-0.4, -0.2) is 38.1 Å². The second-order valence-corrected chi connectivity index (χ2v) is 9.60. The van der Waals surface area contributed by atoms with E-state index >= 15 is 0 Å². The lowest BCUT2D eigenvalue weighted by Crippen LogP contribution is -2.43. The van der Waals surface area contributed by atoms with Crippen molar-refractivity contribution in [3.63, 3.8) is 0 Å². The van der Waals surface area contributed by atoms with Gasteiger partial charge in [-0.3, -0.25) is 4.79 Å². The van der Waals surface area contributed by atoms with Crippen molar-refractivity contribution in [2.24, 2.45) is 5.73 Å². The quantitative estimate of drug-likeness (QED) is 0.179. The number of hydrogen-bond donors (Lipinski definition) is 3. The molecule has 3 aromatic carbocycles. The molecule has 36 heavy (non-hydrogen) atoms. The molecule has 10 heteroatoms. The van der Waals surface area contributed by atoms with E-state index in [0.717, 1.165) is 10.9 Å². The molecule has 4 aromatic rings. The molecule has 1 heterocycles. The lowest BCUT2D eigenvalue weighted by atomic mass is 10.0. The number of carbonyl (C=O) groups is 2. The van der Waals surface area contributed by atoms with Crippen molar-refractivity contribution in [2.75, 3.05) is 6.61 Å². The first-order chi connectivity index (χ1) is 17.3. The molecule has 0 saturated heterocycles. The number of H-pyrrole nitrogens is 1.